The number of amides is 2. The Balaban J connectivity index is 1.16. The third kappa shape index (κ3) is 4.53. The van der Waals surface area contributed by atoms with Crippen LogP contribution in [0, 0.1) is 11.3 Å². The fourth-order valence-electron chi connectivity index (χ4n) is 6.97. The van der Waals surface area contributed by atoms with Crippen LogP contribution in [0.5, 0.6) is 0 Å². The standard InChI is InChI=1S/C26H31F3N8O4/c1-14-19(35-41-34-14)21(38)33-20(15-2-4-26(28,29)5-3-15)17-9-37-23(32-17)31-16(8-30-37)18-10-40-7-6-36(18)22(39)24-11-25(27,12-24)13-24/h8-9,14-15,18,20,34H,2-7,10-13H2,1H3,(H,33,38). The average Bonchev–Trinajstić information content (AvgIpc) is 3.54. The predicted octanol–water partition coefficient (Wildman–Crippen LogP) is 2.18. The van der Waals surface area contributed by atoms with E-state index in [1.807, 2.05) is 0 Å². The molecule has 0 aromatic carbocycles. The quantitative estimate of drug-likeness (QED) is 0.535. The van der Waals surface area contributed by atoms with E-state index < -0.39 is 41.0 Å². The third-order valence-corrected chi connectivity index (χ3v) is 9.24. The van der Waals surface area contributed by atoms with Crippen LogP contribution in [0.1, 0.15) is 75.3 Å². The molecule has 3 unspecified atom stereocenters. The molecule has 3 atom stereocenters. The van der Waals surface area contributed by atoms with Gasteiger partial charge in [-0.05, 0) is 44.9 Å². The van der Waals surface area contributed by atoms with Crippen LogP contribution in [-0.2, 0) is 19.3 Å². The number of aromatic nitrogens is 4. The van der Waals surface area contributed by atoms with E-state index in [1.54, 1.807) is 24.2 Å². The number of rotatable bonds is 6. The number of morpholine rings is 1. The first-order chi connectivity index (χ1) is 19.5. The largest absolute Gasteiger partial charge is 0.377 e. The van der Waals surface area contributed by atoms with Gasteiger partial charge in [-0.25, -0.2) is 27.7 Å². The third-order valence-electron chi connectivity index (χ3n) is 9.24. The molecule has 1 saturated heterocycles. The summed E-state index contributed by atoms with van der Waals surface area (Å²) in [5.41, 5.74) is 1.84. The zero-order valence-corrected chi connectivity index (χ0v) is 22.5. The fraction of sp³-hybridized carbons (Fsp3) is 0.692. The van der Waals surface area contributed by atoms with Gasteiger partial charge in [0.25, 0.3) is 11.7 Å². The van der Waals surface area contributed by atoms with Gasteiger partial charge in [0.1, 0.15) is 5.67 Å². The number of fused-ring (bicyclic) bond motifs is 1. The van der Waals surface area contributed by atoms with Crippen molar-refractivity contribution >= 4 is 23.3 Å². The summed E-state index contributed by atoms with van der Waals surface area (Å²) in [6, 6.07) is -1.62. The van der Waals surface area contributed by atoms with Crippen molar-refractivity contribution in [1.29, 1.82) is 0 Å². The van der Waals surface area contributed by atoms with Crippen molar-refractivity contribution < 1.29 is 32.4 Å². The highest BCUT2D eigenvalue weighted by Crippen LogP contribution is 2.70. The molecule has 2 aromatic rings. The summed E-state index contributed by atoms with van der Waals surface area (Å²) in [6.07, 6.45) is 3.82. The van der Waals surface area contributed by atoms with E-state index in [9.17, 15) is 22.8 Å². The van der Waals surface area contributed by atoms with E-state index in [0.717, 1.165) is 0 Å². The summed E-state index contributed by atoms with van der Waals surface area (Å²) >= 11 is 0. The van der Waals surface area contributed by atoms with Gasteiger partial charge in [-0.1, -0.05) is 5.16 Å². The van der Waals surface area contributed by atoms with Gasteiger partial charge in [0.05, 0.1) is 60.5 Å². The van der Waals surface area contributed by atoms with Gasteiger partial charge in [-0.2, -0.15) is 5.10 Å². The maximum Gasteiger partial charge on any atom is 0.271 e. The Morgan fingerprint density at radius 1 is 1.17 bits per heavy atom. The van der Waals surface area contributed by atoms with Gasteiger partial charge in [-0.3, -0.25) is 14.5 Å². The van der Waals surface area contributed by atoms with Crippen LogP contribution in [-0.4, -0.2) is 79.4 Å². The number of halogens is 3. The molecule has 41 heavy (non-hydrogen) atoms. The van der Waals surface area contributed by atoms with E-state index in [-0.39, 0.29) is 74.9 Å². The van der Waals surface area contributed by atoms with Crippen LogP contribution in [0.2, 0.25) is 0 Å². The lowest BCUT2D eigenvalue weighted by Crippen LogP contribution is -2.71. The normalized spacial score (nSPS) is 33.4. The van der Waals surface area contributed by atoms with Gasteiger partial charge in [0.15, 0.2) is 5.71 Å². The van der Waals surface area contributed by atoms with Crippen molar-refractivity contribution in [2.75, 3.05) is 19.8 Å². The van der Waals surface area contributed by atoms with Gasteiger partial charge in [-0.15, -0.1) is 5.48 Å². The number of ether oxygens (including phenoxy) is 1. The number of hydroxylamine groups is 1. The molecule has 15 heteroatoms. The molecule has 5 fully saturated rings. The summed E-state index contributed by atoms with van der Waals surface area (Å²) in [5.74, 6) is -3.35. The summed E-state index contributed by atoms with van der Waals surface area (Å²) < 4.78 is 49.2. The van der Waals surface area contributed by atoms with Gasteiger partial charge >= 0.3 is 0 Å². The number of hydrogen-bond donors (Lipinski definition) is 2. The smallest absolute Gasteiger partial charge is 0.271 e. The minimum Gasteiger partial charge on any atom is -0.377 e. The molecule has 2 aromatic heterocycles. The highest BCUT2D eigenvalue weighted by atomic mass is 19.3. The Morgan fingerprint density at radius 3 is 2.61 bits per heavy atom. The van der Waals surface area contributed by atoms with Crippen molar-refractivity contribution in [2.45, 2.75) is 81.6 Å². The molecule has 2 aliphatic heterocycles. The number of hydrogen-bond acceptors (Lipinski definition) is 9. The van der Waals surface area contributed by atoms with E-state index in [0.29, 0.717) is 24.5 Å². The summed E-state index contributed by atoms with van der Waals surface area (Å²) in [7, 11) is 0. The molecule has 0 radical (unpaired) electrons. The number of oxime groups is 1. The zero-order valence-electron chi connectivity index (χ0n) is 22.5. The Hall–Kier alpha value is -3.33. The van der Waals surface area contributed by atoms with Crippen molar-refractivity contribution in [3.8, 4) is 0 Å². The maximum absolute atomic E-state index is 14.2. The van der Waals surface area contributed by atoms with Crippen LogP contribution in [0.15, 0.2) is 17.5 Å². The van der Waals surface area contributed by atoms with Crippen LogP contribution in [0.3, 0.4) is 0 Å². The summed E-state index contributed by atoms with van der Waals surface area (Å²) in [5, 5.41) is 11.1. The molecule has 2 bridgehead atoms. The SMILES string of the molecule is CC1NON=C1C(=O)NC(c1cn2ncc(C3COCCN3C(=O)C34CC(F)(C3)C4)nc2n1)C1CCC(F)(F)CC1. The highest BCUT2D eigenvalue weighted by Gasteiger charge is 2.73. The van der Waals surface area contributed by atoms with Crippen molar-refractivity contribution in [2.24, 2.45) is 16.5 Å². The Bertz CT molecular complexity index is 1400. The number of nitrogens with zero attached hydrogens (tertiary/aromatic N) is 6. The molecule has 4 aliphatic carbocycles. The number of alkyl halides is 3. The topological polar surface area (TPSA) is 135 Å². The van der Waals surface area contributed by atoms with Crippen LogP contribution >= 0.6 is 0 Å². The molecule has 6 aliphatic rings. The monoisotopic (exact) mass is 576 g/mol. The Labute approximate surface area is 233 Å². The molecule has 8 rings (SSSR count). The van der Waals surface area contributed by atoms with E-state index in [2.05, 4.69) is 31.0 Å². The van der Waals surface area contributed by atoms with Crippen molar-refractivity contribution in [3.63, 3.8) is 0 Å². The van der Waals surface area contributed by atoms with Crippen LogP contribution in [0.25, 0.3) is 5.78 Å². The van der Waals surface area contributed by atoms with Crippen LogP contribution in [0.4, 0.5) is 13.2 Å². The molecule has 12 nitrogen and oxygen atoms in total. The highest BCUT2D eigenvalue weighted by molar-refractivity contribution is 6.40. The van der Waals surface area contributed by atoms with E-state index in [4.69, 9.17) is 9.68 Å². The first-order valence-electron chi connectivity index (χ1n) is 14.0. The molecule has 220 valence electrons. The second kappa shape index (κ2) is 9.34. The molecule has 2 amide bonds. The molecule has 2 N–H and O–H groups in total. The minimum absolute atomic E-state index is 0.0737. The lowest BCUT2D eigenvalue weighted by Gasteiger charge is -2.65. The molecule has 0 spiro atoms. The average molecular weight is 577 g/mol. The van der Waals surface area contributed by atoms with Crippen molar-refractivity contribution in [3.05, 3.63) is 23.8 Å². The first kappa shape index (κ1) is 26.6. The number of carbonyl (C=O) groups excluding carboxylic acids is 2. The van der Waals surface area contributed by atoms with Gasteiger partial charge in [0.2, 0.25) is 11.8 Å². The molecule has 4 saturated carbocycles. The molecular weight excluding hydrogens is 545 g/mol. The lowest BCUT2D eigenvalue weighted by atomic mass is 9.42. The minimum atomic E-state index is -2.74. The van der Waals surface area contributed by atoms with E-state index in [1.165, 1.54) is 4.52 Å². The summed E-state index contributed by atoms with van der Waals surface area (Å²) in [6.45, 7) is 2.70. The fourth-order valence-corrected chi connectivity index (χ4v) is 6.97. The maximum atomic E-state index is 14.2. The second-order valence-corrected chi connectivity index (χ2v) is 12.2. The number of carbonyl (C=O) groups is 2. The number of nitrogens with one attached hydrogen (secondary N) is 2. The Morgan fingerprint density at radius 2 is 1.93 bits per heavy atom. The van der Waals surface area contributed by atoms with Gasteiger partial charge in [0, 0.05) is 19.4 Å². The zero-order chi connectivity index (χ0) is 28.6. The molecular formula is C26H31F3N8O4. The second-order valence-electron chi connectivity index (χ2n) is 12.2. The van der Waals surface area contributed by atoms with Crippen LogP contribution < -0.4 is 10.8 Å². The Kier molecular flexibility index (Phi) is 6.05. The summed E-state index contributed by atoms with van der Waals surface area (Å²) in [4.78, 5) is 42.3. The van der Waals surface area contributed by atoms with Gasteiger partial charge < -0.3 is 15.0 Å². The molecule has 4 heterocycles. The van der Waals surface area contributed by atoms with E-state index >= 15 is 0 Å². The lowest BCUT2D eigenvalue weighted by molar-refractivity contribution is -0.226. The van der Waals surface area contributed by atoms with Crippen molar-refractivity contribution in [1.82, 2.24) is 35.3 Å². The first-order valence-corrected chi connectivity index (χ1v) is 14.0. The predicted molar refractivity (Wildman–Crippen MR) is 135 cm³/mol. The number of imidazole rings is 1.